The van der Waals surface area contributed by atoms with Crippen molar-refractivity contribution < 1.29 is 40.2 Å². The van der Waals surface area contributed by atoms with Crippen molar-refractivity contribution in [3.8, 4) is 11.5 Å². The predicted molar refractivity (Wildman–Crippen MR) is 95.1 cm³/mol. The van der Waals surface area contributed by atoms with Crippen LogP contribution in [0.4, 0.5) is 30.7 Å². The minimum absolute atomic E-state index is 0.0467. The molecule has 166 valence electrons. The largest absolute Gasteiger partial charge is 0.573 e. The van der Waals surface area contributed by atoms with Crippen LogP contribution in [-0.2, 0) is 5.67 Å². The second-order valence-corrected chi connectivity index (χ2v) is 6.52. The van der Waals surface area contributed by atoms with Crippen LogP contribution in [0.2, 0.25) is 0 Å². The van der Waals surface area contributed by atoms with E-state index < -0.39 is 35.9 Å². The zero-order chi connectivity index (χ0) is 22.9. The summed E-state index contributed by atoms with van der Waals surface area (Å²) in [6, 6.07) is 8.80. The SMILES string of the molecule is CC(n1cccn1)C(F)(c1ccc(OC(F)(F)F)cc1)c1ccc(OC(F)(F)F)cc1. The van der Waals surface area contributed by atoms with Crippen molar-refractivity contribution in [2.45, 2.75) is 31.4 Å². The third kappa shape index (κ3) is 5.28. The average molecular weight is 448 g/mol. The molecule has 0 aliphatic carbocycles. The van der Waals surface area contributed by atoms with Crippen molar-refractivity contribution >= 4 is 0 Å². The van der Waals surface area contributed by atoms with Gasteiger partial charge in [-0.05, 0) is 48.4 Å². The maximum Gasteiger partial charge on any atom is 0.573 e. The van der Waals surface area contributed by atoms with Gasteiger partial charge in [-0.2, -0.15) is 5.10 Å². The van der Waals surface area contributed by atoms with Gasteiger partial charge in [0.15, 0.2) is 5.67 Å². The van der Waals surface area contributed by atoms with Gasteiger partial charge in [-0.25, -0.2) is 4.39 Å². The third-order valence-corrected chi connectivity index (χ3v) is 4.51. The summed E-state index contributed by atoms with van der Waals surface area (Å²) in [5.41, 5.74) is -2.46. The summed E-state index contributed by atoms with van der Waals surface area (Å²) in [4.78, 5) is 0. The van der Waals surface area contributed by atoms with Crippen LogP contribution in [0.25, 0.3) is 0 Å². The van der Waals surface area contributed by atoms with E-state index in [1.807, 2.05) is 0 Å². The first-order valence-electron chi connectivity index (χ1n) is 8.79. The van der Waals surface area contributed by atoms with Crippen molar-refractivity contribution in [1.82, 2.24) is 9.78 Å². The van der Waals surface area contributed by atoms with Gasteiger partial charge in [0, 0.05) is 12.4 Å². The maximum atomic E-state index is 16.6. The summed E-state index contributed by atoms with van der Waals surface area (Å²) in [6.45, 7) is 1.48. The van der Waals surface area contributed by atoms with E-state index >= 15 is 4.39 Å². The summed E-state index contributed by atoms with van der Waals surface area (Å²) in [7, 11) is 0. The van der Waals surface area contributed by atoms with Crippen molar-refractivity contribution in [3.05, 3.63) is 78.1 Å². The molecular formula is C20H15F7N2O2. The molecule has 1 unspecified atom stereocenters. The van der Waals surface area contributed by atoms with Gasteiger partial charge in [0.05, 0.1) is 6.04 Å². The number of ether oxygens (including phenoxy) is 2. The second kappa shape index (κ2) is 8.12. The Labute approximate surface area is 171 Å². The first-order valence-corrected chi connectivity index (χ1v) is 8.79. The highest BCUT2D eigenvalue weighted by Gasteiger charge is 2.42. The minimum Gasteiger partial charge on any atom is -0.406 e. The number of hydrogen-bond acceptors (Lipinski definition) is 3. The quantitative estimate of drug-likeness (QED) is 0.424. The molecule has 31 heavy (non-hydrogen) atoms. The van der Waals surface area contributed by atoms with Gasteiger partial charge in [-0.3, -0.25) is 4.68 Å². The number of alkyl halides is 7. The van der Waals surface area contributed by atoms with Crippen LogP contribution >= 0.6 is 0 Å². The molecule has 0 saturated heterocycles. The molecule has 3 rings (SSSR count). The zero-order valence-corrected chi connectivity index (χ0v) is 15.8. The van der Waals surface area contributed by atoms with E-state index in [0.717, 1.165) is 48.5 Å². The first kappa shape index (κ1) is 22.4. The Hall–Kier alpha value is -3.24. The molecule has 0 aliphatic heterocycles. The molecule has 4 nitrogen and oxygen atoms in total. The molecule has 0 bridgehead atoms. The molecular weight excluding hydrogens is 433 g/mol. The Kier molecular flexibility index (Phi) is 5.88. The van der Waals surface area contributed by atoms with Gasteiger partial charge in [0.25, 0.3) is 0 Å². The van der Waals surface area contributed by atoms with Gasteiger partial charge in [-0.15, -0.1) is 26.3 Å². The Morgan fingerprint density at radius 2 is 1.16 bits per heavy atom. The summed E-state index contributed by atoms with van der Waals surface area (Å²) in [6.07, 6.45) is -6.92. The van der Waals surface area contributed by atoms with Crippen molar-refractivity contribution in [1.29, 1.82) is 0 Å². The van der Waals surface area contributed by atoms with E-state index in [2.05, 4.69) is 14.6 Å². The van der Waals surface area contributed by atoms with E-state index in [4.69, 9.17) is 0 Å². The molecule has 2 aromatic carbocycles. The Morgan fingerprint density at radius 1 is 0.742 bits per heavy atom. The molecule has 0 spiro atoms. The minimum atomic E-state index is -4.91. The highest BCUT2D eigenvalue weighted by molar-refractivity contribution is 5.42. The predicted octanol–water partition coefficient (Wildman–Crippen LogP) is 6.15. The first-order chi connectivity index (χ1) is 14.4. The fourth-order valence-electron chi connectivity index (χ4n) is 3.14. The zero-order valence-electron chi connectivity index (χ0n) is 15.8. The van der Waals surface area contributed by atoms with Crippen LogP contribution in [0.3, 0.4) is 0 Å². The molecule has 0 radical (unpaired) electrons. The van der Waals surface area contributed by atoms with Crippen LogP contribution in [0.5, 0.6) is 11.5 Å². The van der Waals surface area contributed by atoms with Gasteiger partial charge in [-0.1, -0.05) is 24.3 Å². The second-order valence-electron chi connectivity index (χ2n) is 6.52. The van der Waals surface area contributed by atoms with Crippen molar-refractivity contribution in [3.63, 3.8) is 0 Å². The molecule has 0 N–H and O–H groups in total. The van der Waals surface area contributed by atoms with Crippen molar-refractivity contribution in [2.24, 2.45) is 0 Å². The Morgan fingerprint density at radius 3 is 1.48 bits per heavy atom. The van der Waals surface area contributed by atoms with E-state index in [1.54, 1.807) is 6.07 Å². The topological polar surface area (TPSA) is 36.3 Å². The highest BCUT2D eigenvalue weighted by Crippen LogP contribution is 2.44. The van der Waals surface area contributed by atoms with Gasteiger partial charge >= 0.3 is 12.7 Å². The van der Waals surface area contributed by atoms with Crippen LogP contribution in [0.1, 0.15) is 24.1 Å². The summed E-state index contributed by atoms with van der Waals surface area (Å²) in [5.74, 6) is -1.08. The molecule has 3 aromatic rings. The summed E-state index contributed by atoms with van der Waals surface area (Å²) < 4.78 is 99.9. The van der Waals surface area contributed by atoms with Gasteiger partial charge < -0.3 is 9.47 Å². The Bertz CT molecular complexity index is 923. The number of nitrogens with zero attached hydrogens (tertiary/aromatic N) is 2. The number of rotatable bonds is 6. The summed E-state index contributed by atoms with van der Waals surface area (Å²) >= 11 is 0. The van der Waals surface area contributed by atoms with Crippen LogP contribution in [0, 0.1) is 0 Å². The van der Waals surface area contributed by atoms with E-state index in [-0.39, 0.29) is 11.1 Å². The maximum absolute atomic E-state index is 16.6. The average Bonchev–Trinajstić information content (AvgIpc) is 3.20. The molecule has 1 heterocycles. The lowest BCUT2D eigenvalue weighted by Gasteiger charge is -2.33. The molecule has 0 amide bonds. The fraction of sp³-hybridized carbons (Fsp3) is 0.250. The van der Waals surface area contributed by atoms with Crippen LogP contribution in [-0.4, -0.2) is 22.5 Å². The van der Waals surface area contributed by atoms with E-state index in [1.165, 1.54) is 24.0 Å². The third-order valence-electron chi connectivity index (χ3n) is 4.51. The van der Waals surface area contributed by atoms with Crippen molar-refractivity contribution in [2.75, 3.05) is 0 Å². The summed E-state index contributed by atoms with van der Waals surface area (Å²) in [5, 5.41) is 4.00. The molecule has 11 heteroatoms. The lowest BCUT2D eigenvalue weighted by molar-refractivity contribution is -0.275. The Balaban J connectivity index is 2.02. The lowest BCUT2D eigenvalue weighted by Crippen LogP contribution is -2.33. The molecule has 0 aliphatic rings. The van der Waals surface area contributed by atoms with Crippen LogP contribution < -0.4 is 9.47 Å². The van der Waals surface area contributed by atoms with Crippen LogP contribution in [0.15, 0.2) is 67.0 Å². The lowest BCUT2D eigenvalue weighted by atomic mass is 9.82. The fourth-order valence-corrected chi connectivity index (χ4v) is 3.14. The number of halogens is 7. The highest BCUT2D eigenvalue weighted by atomic mass is 19.4. The van der Waals surface area contributed by atoms with Gasteiger partial charge in [0.2, 0.25) is 0 Å². The van der Waals surface area contributed by atoms with E-state index in [0.29, 0.717) is 0 Å². The number of benzene rings is 2. The normalized spacial score (nSPS) is 13.7. The number of aromatic nitrogens is 2. The molecule has 1 aromatic heterocycles. The molecule has 0 fully saturated rings. The molecule has 0 saturated carbocycles. The molecule has 1 atom stereocenters. The van der Waals surface area contributed by atoms with E-state index in [9.17, 15) is 26.3 Å². The van der Waals surface area contributed by atoms with Gasteiger partial charge in [0.1, 0.15) is 11.5 Å². The smallest absolute Gasteiger partial charge is 0.406 e. The monoisotopic (exact) mass is 448 g/mol. The standard InChI is InChI=1S/C20H15F7N2O2/c1-13(29-12-2-11-28-29)18(21,14-3-7-16(8-4-14)30-19(22,23)24)15-5-9-17(10-6-15)31-20(25,26)27/h2-13H,1H3. The number of hydrogen-bond donors (Lipinski definition) is 0.